The average molecular weight is 541 g/mol. The highest BCUT2D eigenvalue weighted by molar-refractivity contribution is 6.33. The Labute approximate surface area is 213 Å². The molecule has 0 radical (unpaired) electrons. The third-order valence-corrected chi connectivity index (χ3v) is 5.96. The van der Waals surface area contributed by atoms with E-state index in [4.69, 9.17) is 11.6 Å². The lowest BCUT2D eigenvalue weighted by molar-refractivity contribution is -0.154. The molecule has 0 fully saturated rings. The lowest BCUT2D eigenvalue weighted by Crippen LogP contribution is -2.58. The smallest absolute Gasteiger partial charge is 0.422 e. The average Bonchev–Trinajstić information content (AvgIpc) is 2.83. The second-order valence-corrected chi connectivity index (χ2v) is 8.65. The van der Waals surface area contributed by atoms with Crippen molar-refractivity contribution in [1.82, 2.24) is 20.6 Å². The molecule has 1 aromatic heterocycles. The zero-order valence-electron chi connectivity index (χ0n) is 19.5. The fourth-order valence-electron chi connectivity index (χ4n) is 4.04. The molecule has 2 atom stereocenters. The number of hydrazone groups is 1. The topological polar surface area (TPSA) is 108 Å². The summed E-state index contributed by atoms with van der Waals surface area (Å²) in [5.74, 6) is -1.04. The van der Waals surface area contributed by atoms with E-state index >= 15 is 4.39 Å². The van der Waals surface area contributed by atoms with Gasteiger partial charge in [-0.2, -0.15) is 18.3 Å². The number of amides is 4. The van der Waals surface area contributed by atoms with E-state index in [0.29, 0.717) is 23.4 Å². The Morgan fingerprint density at radius 2 is 2.05 bits per heavy atom. The number of carbonyl (C=O) groups excluding carboxylic acids is 2. The predicted octanol–water partition coefficient (Wildman–Crippen LogP) is 5.05. The zero-order chi connectivity index (χ0) is 26.9. The summed E-state index contributed by atoms with van der Waals surface area (Å²) in [6.45, 7) is 2.11. The number of urea groups is 2. The molecule has 14 heteroatoms. The van der Waals surface area contributed by atoms with Gasteiger partial charge in [0.2, 0.25) is 5.88 Å². The molecule has 2 unspecified atom stereocenters. The highest BCUT2D eigenvalue weighted by Crippen LogP contribution is 2.33. The van der Waals surface area contributed by atoms with Gasteiger partial charge in [-0.15, -0.1) is 0 Å². The van der Waals surface area contributed by atoms with Crippen LogP contribution in [0.4, 0.5) is 32.8 Å². The summed E-state index contributed by atoms with van der Waals surface area (Å²) in [5.41, 5.74) is 3.68. The maximum Gasteiger partial charge on any atom is 0.422 e. The van der Waals surface area contributed by atoms with E-state index < -0.39 is 42.7 Å². The minimum absolute atomic E-state index is 0.0759. The van der Waals surface area contributed by atoms with E-state index in [9.17, 15) is 22.8 Å². The third kappa shape index (κ3) is 5.77. The molecule has 37 heavy (non-hydrogen) atoms. The Morgan fingerprint density at radius 3 is 2.70 bits per heavy atom. The van der Waals surface area contributed by atoms with Crippen molar-refractivity contribution in [3.63, 3.8) is 0 Å². The van der Waals surface area contributed by atoms with Gasteiger partial charge in [0.05, 0.1) is 28.5 Å². The molecule has 9 nitrogen and oxygen atoms in total. The molecule has 0 saturated carbocycles. The molecule has 0 spiro atoms. The first-order valence-electron chi connectivity index (χ1n) is 11.1. The van der Waals surface area contributed by atoms with E-state index in [2.05, 4.69) is 30.9 Å². The van der Waals surface area contributed by atoms with Crippen LogP contribution in [0.15, 0.2) is 47.3 Å². The first-order chi connectivity index (χ1) is 17.5. The van der Waals surface area contributed by atoms with Crippen LogP contribution in [0.25, 0.3) is 11.1 Å². The van der Waals surface area contributed by atoms with Crippen molar-refractivity contribution in [2.24, 2.45) is 5.10 Å². The van der Waals surface area contributed by atoms with Crippen LogP contribution in [0, 0.1) is 5.82 Å². The zero-order valence-corrected chi connectivity index (χ0v) is 20.2. The number of rotatable bonds is 5. The van der Waals surface area contributed by atoms with Gasteiger partial charge in [0.1, 0.15) is 11.5 Å². The maximum atomic E-state index is 15.0. The number of aromatic nitrogens is 1. The molecule has 0 saturated heterocycles. The minimum Gasteiger partial charge on any atom is -0.468 e. The summed E-state index contributed by atoms with van der Waals surface area (Å²) in [6.07, 6.45) is -1.16. The maximum absolute atomic E-state index is 15.0. The molecule has 4 rings (SSSR count). The number of carbonyl (C=O) groups is 2. The quantitative estimate of drug-likeness (QED) is 0.461. The van der Waals surface area contributed by atoms with Crippen molar-refractivity contribution >= 4 is 35.1 Å². The molecule has 2 aliphatic heterocycles. The Hall–Kier alpha value is -3.87. The summed E-state index contributed by atoms with van der Waals surface area (Å²) in [6, 6.07) is 2.89. The second kappa shape index (κ2) is 10.2. The van der Waals surface area contributed by atoms with E-state index in [1.165, 1.54) is 29.3 Å². The van der Waals surface area contributed by atoms with Gasteiger partial charge >= 0.3 is 18.2 Å². The van der Waals surface area contributed by atoms with Gasteiger partial charge in [-0.25, -0.2) is 24.4 Å². The Kier molecular flexibility index (Phi) is 7.25. The summed E-state index contributed by atoms with van der Waals surface area (Å²) >= 11 is 6.34. The lowest BCUT2D eigenvalue weighted by atomic mass is 9.96. The number of halogens is 5. The van der Waals surface area contributed by atoms with Crippen LogP contribution in [0.3, 0.4) is 0 Å². The number of alkyl halides is 3. The van der Waals surface area contributed by atoms with Crippen molar-refractivity contribution in [3.05, 3.63) is 53.1 Å². The van der Waals surface area contributed by atoms with Crippen LogP contribution < -0.4 is 20.8 Å². The van der Waals surface area contributed by atoms with Gasteiger partial charge in [0.25, 0.3) is 0 Å². The van der Waals surface area contributed by atoms with Gasteiger partial charge in [-0.1, -0.05) is 18.5 Å². The normalized spacial score (nSPS) is 19.2. The number of pyridine rings is 1. The Morgan fingerprint density at radius 1 is 1.30 bits per heavy atom. The fraction of sp³-hybridized carbons (Fsp3) is 0.304. The number of ether oxygens (including phenoxy) is 1. The Balaban J connectivity index is 1.52. The summed E-state index contributed by atoms with van der Waals surface area (Å²) in [5, 5.41) is 9.33. The highest BCUT2D eigenvalue weighted by atomic mass is 35.5. The first-order valence-corrected chi connectivity index (χ1v) is 11.5. The van der Waals surface area contributed by atoms with Gasteiger partial charge in [0.15, 0.2) is 6.61 Å². The summed E-state index contributed by atoms with van der Waals surface area (Å²) in [7, 11) is 0. The van der Waals surface area contributed by atoms with Crippen LogP contribution in [0.2, 0.25) is 5.02 Å². The van der Waals surface area contributed by atoms with Crippen LogP contribution in [0.5, 0.6) is 5.88 Å². The number of benzene rings is 1. The largest absolute Gasteiger partial charge is 0.468 e. The Bertz CT molecular complexity index is 1280. The molecule has 0 bridgehead atoms. The van der Waals surface area contributed by atoms with Crippen molar-refractivity contribution in [2.75, 3.05) is 11.9 Å². The van der Waals surface area contributed by atoms with Crippen LogP contribution in [-0.2, 0) is 0 Å². The number of anilines is 1. The van der Waals surface area contributed by atoms with E-state index in [-0.39, 0.29) is 22.2 Å². The second-order valence-electron chi connectivity index (χ2n) is 8.25. The van der Waals surface area contributed by atoms with Gasteiger partial charge in [0, 0.05) is 23.4 Å². The molecule has 4 amide bonds. The van der Waals surface area contributed by atoms with E-state index in [0.717, 1.165) is 6.07 Å². The van der Waals surface area contributed by atoms with Gasteiger partial charge in [-0.05, 0) is 37.6 Å². The van der Waals surface area contributed by atoms with Crippen molar-refractivity contribution in [1.29, 1.82) is 0 Å². The molecule has 196 valence electrons. The molecule has 1 aromatic carbocycles. The molecule has 3 N–H and O–H groups in total. The molecule has 2 aliphatic rings. The monoisotopic (exact) mass is 540 g/mol. The van der Waals surface area contributed by atoms with E-state index in [1.807, 2.05) is 6.92 Å². The van der Waals surface area contributed by atoms with Crippen LogP contribution in [-0.4, -0.2) is 52.5 Å². The standard InChI is InChI=1S/C23H21ClF4N6O3/c1-3-18-20-17(30-21(35)33-32-20)6-11(2)34(18)22(36)31-16-8-14(24)13(7-15(16)25)12-4-5-19(29-9-12)37-10-23(26,27)28/h4-9,11,18H,3,10H2,1-2H3,(H,31,36)(H2,30,33,35). The van der Waals surface area contributed by atoms with Gasteiger partial charge in [-0.3, -0.25) is 0 Å². The molecule has 2 aromatic rings. The SMILES string of the molecule is CCC1C2=NNC(=O)NC2=CC(C)N1C(=O)Nc1cc(Cl)c(-c2ccc(OCC(F)(F)F)nc2)cc1F. The summed E-state index contributed by atoms with van der Waals surface area (Å²) in [4.78, 5) is 30.0. The molecule has 0 aliphatic carbocycles. The van der Waals surface area contributed by atoms with Crippen molar-refractivity contribution in [2.45, 2.75) is 38.5 Å². The summed E-state index contributed by atoms with van der Waals surface area (Å²) < 4.78 is 56.5. The number of nitrogens with zero attached hydrogens (tertiary/aromatic N) is 3. The molecule has 3 heterocycles. The van der Waals surface area contributed by atoms with Crippen molar-refractivity contribution in [3.8, 4) is 17.0 Å². The number of nitrogens with one attached hydrogen (secondary N) is 3. The van der Waals surface area contributed by atoms with Crippen molar-refractivity contribution < 1.29 is 31.9 Å². The fourth-order valence-corrected chi connectivity index (χ4v) is 4.32. The number of fused-ring (bicyclic) bond motifs is 1. The third-order valence-electron chi connectivity index (χ3n) is 5.65. The van der Waals surface area contributed by atoms with Crippen LogP contribution in [0.1, 0.15) is 20.3 Å². The molecular formula is C23H21ClF4N6O3. The van der Waals surface area contributed by atoms with Crippen LogP contribution >= 0.6 is 11.6 Å². The van der Waals surface area contributed by atoms with E-state index in [1.54, 1.807) is 13.0 Å². The van der Waals surface area contributed by atoms with Gasteiger partial charge < -0.3 is 20.3 Å². The number of hydrogen-bond acceptors (Lipinski definition) is 5. The first kappa shape index (κ1) is 26.2. The number of hydrogen-bond donors (Lipinski definition) is 3. The minimum atomic E-state index is -4.51. The molecular weight excluding hydrogens is 520 g/mol. The highest BCUT2D eigenvalue weighted by Gasteiger charge is 2.38. The predicted molar refractivity (Wildman–Crippen MR) is 128 cm³/mol. The lowest BCUT2D eigenvalue weighted by Gasteiger charge is -2.40.